The molecule has 7 unspecified atom stereocenters. The molecule has 0 radical (unpaired) electrons. The van der Waals surface area contributed by atoms with E-state index in [1.807, 2.05) is 25.7 Å². The van der Waals surface area contributed by atoms with Crippen LogP contribution in [0.1, 0.15) is 107 Å². The van der Waals surface area contributed by atoms with E-state index in [1.54, 1.807) is 0 Å². The molecule has 0 aromatic rings. The number of nitrogens with zero attached hydrogens (tertiary/aromatic N) is 2. The molecule has 8 aliphatic rings. The van der Waals surface area contributed by atoms with Gasteiger partial charge in [0.2, 0.25) is 0 Å². The first kappa shape index (κ1) is 37.5. The monoisotopic (exact) mass is 723 g/mol. The van der Waals surface area contributed by atoms with Crippen molar-refractivity contribution in [2.75, 3.05) is 52.5 Å². The summed E-state index contributed by atoms with van der Waals surface area (Å²) in [4.78, 5) is 4.16. The zero-order chi connectivity index (χ0) is 36.6. The van der Waals surface area contributed by atoms with Gasteiger partial charge in [-0.1, -0.05) is 34.6 Å². The molecule has 0 amide bonds. The summed E-state index contributed by atoms with van der Waals surface area (Å²) < 4.78 is 52.8. The fraction of sp³-hybridized carbons (Fsp3) is 1.00. The van der Waals surface area contributed by atoms with Gasteiger partial charge in [-0.15, -0.1) is 0 Å². The van der Waals surface area contributed by atoms with Crippen molar-refractivity contribution in [3.63, 3.8) is 0 Å². The van der Waals surface area contributed by atoms with E-state index < -0.39 is 23.7 Å². The smallest absolute Gasteiger partial charge is 0.272 e. The molecule has 8 fully saturated rings. The second-order valence-electron chi connectivity index (χ2n) is 20.4. The lowest BCUT2D eigenvalue weighted by Gasteiger charge is -2.64. The Bertz CT molecular complexity index is 1320. The molecular formula is C41H68F2N2O6. The standard InChI is InChI=1S/C41H68F2N2O6/c1-9-48-34(36(5,6)47)26-20-25(2)31-32(50-26)33(46)38(8)28-11-10-27-35(3,4)29(12-13-39(27)22-40(28,39)15-14-37(31,38)7)51-30-21-44(18-19-49-30)16-17-45-23-41(42,43)24-45/h25-34,46-47H,9-24H2,1-8H3/t25-,26?,27+,28?,29+,30?,31+,32?,33+,34+,37?,38-,39?,40?/m1/s1. The lowest BCUT2D eigenvalue weighted by molar-refractivity contribution is -0.249. The van der Waals surface area contributed by atoms with Gasteiger partial charge in [-0.05, 0) is 117 Å². The number of fused-ring (bicyclic) bond motifs is 4. The Balaban J connectivity index is 0.968. The summed E-state index contributed by atoms with van der Waals surface area (Å²) >= 11 is 0. The highest BCUT2D eigenvalue weighted by atomic mass is 19.3. The molecule has 0 aromatic carbocycles. The summed E-state index contributed by atoms with van der Waals surface area (Å²) in [7, 11) is 0. The summed E-state index contributed by atoms with van der Waals surface area (Å²) in [6.45, 7) is 21.6. The Kier molecular flexibility index (Phi) is 9.01. The molecule has 3 heterocycles. The number of rotatable bonds is 9. The van der Waals surface area contributed by atoms with Crippen LogP contribution in [0.2, 0.25) is 0 Å². The number of ether oxygens (including phenoxy) is 4. The zero-order valence-corrected chi connectivity index (χ0v) is 32.8. The molecule has 8 rings (SSSR count). The maximum atomic E-state index is 13.3. The van der Waals surface area contributed by atoms with E-state index in [4.69, 9.17) is 18.9 Å². The first-order valence-corrected chi connectivity index (χ1v) is 20.6. The van der Waals surface area contributed by atoms with Gasteiger partial charge in [0, 0.05) is 38.2 Å². The molecule has 3 saturated heterocycles. The minimum atomic E-state index is -2.52. The Morgan fingerprint density at radius 1 is 0.961 bits per heavy atom. The van der Waals surface area contributed by atoms with Crippen LogP contribution in [0, 0.1) is 50.7 Å². The van der Waals surface area contributed by atoms with Crippen LogP contribution in [0.15, 0.2) is 0 Å². The van der Waals surface area contributed by atoms with Crippen molar-refractivity contribution in [1.82, 2.24) is 9.80 Å². The van der Waals surface area contributed by atoms with Crippen LogP contribution in [0.25, 0.3) is 0 Å². The zero-order valence-electron chi connectivity index (χ0n) is 32.8. The molecule has 3 aliphatic heterocycles. The molecule has 8 nitrogen and oxygen atoms in total. The number of alkyl halides is 2. The maximum absolute atomic E-state index is 13.3. The summed E-state index contributed by atoms with van der Waals surface area (Å²) in [6.07, 6.45) is 7.34. The highest BCUT2D eigenvalue weighted by Crippen LogP contribution is 2.89. The van der Waals surface area contributed by atoms with Gasteiger partial charge in [0.15, 0.2) is 6.29 Å². The van der Waals surface area contributed by atoms with Gasteiger partial charge in [-0.2, -0.15) is 0 Å². The third kappa shape index (κ3) is 5.43. The number of aliphatic hydroxyl groups excluding tert-OH is 1. The van der Waals surface area contributed by atoms with Gasteiger partial charge in [-0.3, -0.25) is 9.80 Å². The van der Waals surface area contributed by atoms with E-state index in [-0.39, 0.29) is 65.3 Å². The molecule has 5 saturated carbocycles. The number of likely N-dealkylation sites (tertiary alicyclic amines) is 1. The second kappa shape index (κ2) is 12.3. The summed E-state index contributed by atoms with van der Waals surface area (Å²) in [5, 5.41) is 23.7. The lowest BCUT2D eigenvalue weighted by atomic mass is 9.41. The molecule has 5 aliphatic carbocycles. The van der Waals surface area contributed by atoms with Crippen molar-refractivity contribution in [2.45, 2.75) is 155 Å². The van der Waals surface area contributed by atoms with Gasteiger partial charge in [-0.25, -0.2) is 8.78 Å². The van der Waals surface area contributed by atoms with Gasteiger partial charge in [0.1, 0.15) is 6.10 Å². The predicted molar refractivity (Wildman–Crippen MR) is 190 cm³/mol. The minimum Gasteiger partial charge on any atom is -0.390 e. The fourth-order valence-electron chi connectivity index (χ4n) is 14.9. The first-order valence-electron chi connectivity index (χ1n) is 20.6. The van der Waals surface area contributed by atoms with Crippen molar-refractivity contribution < 1.29 is 37.9 Å². The van der Waals surface area contributed by atoms with E-state index in [1.165, 1.54) is 19.3 Å². The number of morpholine rings is 1. The maximum Gasteiger partial charge on any atom is 0.272 e. The summed E-state index contributed by atoms with van der Waals surface area (Å²) in [5.41, 5.74) is -0.726. The molecule has 0 aromatic heterocycles. The van der Waals surface area contributed by atoms with Crippen LogP contribution in [0.3, 0.4) is 0 Å². The number of hydrogen-bond donors (Lipinski definition) is 2. The van der Waals surface area contributed by atoms with Gasteiger partial charge >= 0.3 is 0 Å². The second-order valence-corrected chi connectivity index (χ2v) is 20.4. The highest BCUT2D eigenvalue weighted by Gasteiger charge is 2.84. The quantitative estimate of drug-likeness (QED) is 0.302. The Morgan fingerprint density at radius 3 is 2.33 bits per heavy atom. The molecule has 2 spiro atoms. The van der Waals surface area contributed by atoms with E-state index >= 15 is 0 Å². The van der Waals surface area contributed by atoms with Crippen LogP contribution in [-0.4, -0.2) is 121 Å². The van der Waals surface area contributed by atoms with Crippen molar-refractivity contribution in [3.05, 3.63) is 0 Å². The van der Waals surface area contributed by atoms with Crippen molar-refractivity contribution in [3.8, 4) is 0 Å². The summed E-state index contributed by atoms with van der Waals surface area (Å²) in [6, 6.07) is 0. The van der Waals surface area contributed by atoms with E-state index in [2.05, 4.69) is 39.5 Å². The molecule has 10 heteroatoms. The molecule has 14 atom stereocenters. The van der Waals surface area contributed by atoms with Crippen LogP contribution in [-0.2, 0) is 18.9 Å². The van der Waals surface area contributed by atoms with E-state index in [9.17, 15) is 19.0 Å². The predicted octanol–water partition coefficient (Wildman–Crippen LogP) is 5.97. The third-order valence-corrected chi connectivity index (χ3v) is 17.2. The first-order chi connectivity index (χ1) is 23.8. The molecule has 292 valence electrons. The summed E-state index contributed by atoms with van der Waals surface area (Å²) in [5.74, 6) is -0.844. The topological polar surface area (TPSA) is 83.9 Å². The van der Waals surface area contributed by atoms with Crippen LogP contribution in [0.4, 0.5) is 8.78 Å². The molecule has 51 heavy (non-hydrogen) atoms. The Labute approximate surface area is 305 Å². The average Bonchev–Trinajstić information content (AvgIpc) is 3.67. The van der Waals surface area contributed by atoms with Crippen LogP contribution < -0.4 is 0 Å². The van der Waals surface area contributed by atoms with Crippen molar-refractivity contribution in [1.29, 1.82) is 0 Å². The Hall–Kier alpha value is -0.460. The molecule has 0 bridgehead atoms. The van der Waals surface area contributed by atoms with Gasteiger partial charge in [0.25, 0.3) is 5.92 Å². The molecular weight excluding hydrogens is 654 g/mol. The number of aliphatic hydroxyl groups is 2. The number of hydrogen-bond acceptors (Lipinski definition) is 8. The Morgan fingerprint density at radius 2 is 1.65 bits per heavy atom. The van der Waals surface area contributed by atoms with Crippen LogP contribution in [0.5, 0.6) is 0 Å². The number of halogens is 2. The highest BCUT2D eigenvalue weighted by molar-refractivity contribution is 5.33. The largest absolute Gasteiger partial charge is 0.390 e. The fourth-order valence-corrected chi connectivity index (χ4v) is 14.9. The molecule has 2 N–H and O–H groups in total. The SMILES string of the molecule is CCO[C@@H](C1C[C@@H](C)[C@H]2C(O1)[C@H](O)[C@@]1(C)C3CC[C@H]4C(C)(C)[C@@H](OC5CN(CCN6CC(F)(F)C6)CCO5)CCC45CC35CCC21C)C(C)(C)O. The van der Waals surface area contributed by atoms with E-state index in [0.717, 1.165) is 45.2 Å². The van der Waals surface area contributed by atoms with E-state index in [0.29, 0.717) is 49.5 Å². The third-order valence-electron chi connectivity index (χ3n) is 17.2. The van der Waals surface area contributed by atoms with Crippen LogP contribution >= 0.6 is 0 Å². The normalized spacial score (nSPS) is 50.9. The van der Waals surface area contributed by atoms with Gasteiger partial charge in [0.05, 0.1) is 49.7 Å². The average molecular weight is 723 g/mol. The van der Waals surface area contributed by atoms with Gasteiger partial charge < -0.3 is 29.2 Å². The van der Waals surface area contributed by atoms with Crippen molar-refractivity contribution in [2.24, 2.45) is 50.7 Å². The lowest BCUT2D eigenvalue weighted by Crippen LogP contribution is -2.60. The van der Waals surface area contributed by atoms with Crippen molar-refractivity contribution >= 4 is 0 Å². The minimum absolute atomic E-state index is 0.00173.